The van der Waals surface area contributed by atoms with E-state index in [0.29, 0.717) is 23.5 Å². The lowest BCUT2D eigenvalue weighted by Gasteiger charge is -2.34. The molecular weight excluding hydrogens is 428 g/mol. The maximum atomic E-state index is 13.0. The number of rotatable bonds is 6. The maximum Gasteiger partial charge on any atom is 0.259 e. The Morgan fingerprint density at radius 3 is 2.53 bits per heavy atom. The minimum atomic E-state index is -1.68. The molecule has 0 aliphatic carbocycles. The number of aliphatic hydroxyl groups is 1. The van der Waals surface area contributed by atoms with Crippen LogP contribution in [0.3, 0.4) is 0 Å². The van der Waals surface area contributed by atoms with Crippen molar-refractivity contribution in [2.45, 2.75) is 12.2 Å². The molecule has 2 atom stereocenters. The van der Waals surface area contributed by atoms with Gasteiger partial charge in [-0.05, 0) is 53.4 Å². The number of nitrogens with one attached hydrogen (secondary N) is 2. The predicted molar refractivity (Wildman–Crippen MR) is 124 cm³/mol. The number of hydrogen-bond donors (Lipinski definition) is 4. The zero-order chi connectivity index (χ0) is 22.7. The van der Waals surface area contributed by atoms with Crippen LogP contribution >= 0.6 is 11.3 Å². The Bertz CT molecular complexity index is 1110. The highest BCUT2D eigenvalue weighted by atomic mass is 32.1. The molecule has 0 spiro atoms. The summed E-state index contributed by atoms with van der Waals surface area (Å²) < 4.78 is 5.45. The molecule has 2 aromatic carbocycles. The Balaban J connectivity index is 1.43. The van der Waals surface area contributed by atoms with E-state index in [4.69, 9.17) is 15.9 Å². The molecule has 9 heteroatoms. The summed E-state index contributed by atoms with van der Waals surface area (Å²) in [5.74, 6) is -1.32. The SMILES string of the molecule is N=C(N)c1ccc(NC(=O)[C@H](O)[C@H]2OCCN(c3ccc(-c4cccs4)cc3)C2=O)cc1. The summed E-state index contributed by atoms with van der Waals surface area (Å²) in [5.41, 5.74) is 8.06. The highest BCUT2D eigenvalue weighted by Gasteiger charge is 2.39. The van der Waals surface area contributed by atoms with E-state index >= 15 is 0 Å². The van der Waals surface area contributed by atoms with Crippen LogP contribution in [-0.2, 0) is 14.3 Å². The van der Waals surface area contributed by atoms with Gasteiger partial charge < -0.3 is 25.8 Å². The van der Waals surface area contributed by atoms with Gasteiger partial charge in [-0.25, -0.2) is 0 Å². The molecule has 1 fully saturated rings. The minimum Gasteiger partial charge on any atom is -0.384 e. The van der Waals surface area contributed by atoms with Crippen molar-refractivity contribution in [3.8, 4) is 10.4 Å². The van der Waals surface area contributed by atoms with E-state index in [1.54, 1.807) is 35.6 Å². The average molecular weight is 451 g/mol. The zero-order valence-electron chi connectivity index (χ0n) is 17.0. The number of ether oxygens (including phenoxy) is 1. The fraction of sp³-hybridized carbons (Fsp3) is 0.174. The van der Waals surface area contributed by atoms with E-state index in [9.17, 15) is 14.7 Å². The van der Waals surface area contributed by atoms with Crippen molar-refractivity contribution < 1.29 is 19.4 Å². The molecule has 1 aliphatic rings. The first-order valence-corrected chi connectivity index (χ1v) is 10.8. The molecule has 3 aromatic rings. The van der Waals surface area contributed by atoms with Gasteiger partial charge in [-0.3, -0.25) is 15.0 Å². The highest BCUT2D eigenvalue weighted by molar-refractivity contribution is 7.13. The van der Waals surface area contributed by atoms with Gasteiger partial charge in [0.2, 0.25) is 0 Å². The van der Waals surface area contributed by atoms with Crippen molar-refractivity contribution in [2.75, 3.05) is 23.4 Å². The Labute approximate surface area is 188 Å². The standard InChI is InChI=1S/C23H22N4O4S/c24-21(25)15-3-7-16(8-4-15)26-22(29)19(28)20-23(30)27(11-12-31-20)17-9-5-14(6-10-17)18-2-1-13-32-18/h1-10,13,19-20,28H,11-12H2,(H3,24,25)(H,26,29)/t19-,20-/m1/s1. The van der Waals surface area contributed by atoms with Gasteiger partial charge in [-0.1, -0.05) is 18.2 Å². The van der Waals surface area contributed by atoms with Crippen LogP contribution in [0.15, 0.2) is 66.0 Å². The quantitative estimate of drug-likeness (QED) is 0.339. The lowest BCUT2D eigenvalue weighted by molar-refractivity contribution is -0.150. The molecule has 1 aliphatic heterocycles. The predicted octanol–water partition coefficient (Wildman–Crippen LogP) is 2.43. The highest BCUT2D eigenvalue weighted by Crippen LogP contribution is 2.28. The minimum absolute atomic E-state index is 0.0902. The first-order valence-electron chi connectivity index (χ1n) is 9.94. The van der Waals surface area contributed by atoms with Gasteiger partial charge in [0.05, 0.1) is 6.61 Å². The number of benzene rings is 2. The fourth-order valence-corrected chi connectivity index (χ4v) is 4.16. The zero-order valence-corrected chi connectivity index (χ0v) is 17.8. The molecule has 0 saturated carbocycles. The molecule has 0 unspecified atom stereocenters. The van der Waals surface area contributed by atoms with Crippen LogP contribution in [0, 0.1) is 5.41 Å². The Morgan fingerprint density at radius 1 is 1.19 bits per heavy atom. The number of carbonyl (C=O) groups is 2. The van der Waals surface area contributed by atoms with Crippen molar-refractivity contribution in [1.82, 2.24) is 0 Å². The van der Waals surface area contributed by atoms with Gasteiger partial charge in [-0.15, -0.1) is 11.3 Å². The normalized spacial score (nSPS) is 17.1. The van der Waals surface area contributed by atoms with Crippen molar-refractivity contribution in [3.05, 3.63) is 71.6 Å². The number of morpholine rings is 1. The van der Waals surface area contributed by atoms with Crippen molar-refractivity contribution in [3.63, 3.8) is 0 Å². The van der Waals surface area contributed by atoms with Crippen LogP contribution in [0.2, 0.25) is 0 Å². The fourth-order valence-electron chi connectivity index (χ4n) is 3.42. The molecule has 1 aromatic heterocycles. The van der Waals surface area contributed by atoms with E-state index < -0.39 is 24.0 Å². The summed E-state index contributed by atoms with van der Waals surface area (Å²) >= 11 is 1.63. The summed E-state index contributed by atoms with van der Waals surface area (Å²) in [6.07, 6.45) is -2.99. The van der Waals surface area contributed by atoms with Gasteiger partial charge in [-0.2, -0.15) is 0 Å². The molecule has 2 heterocycles. The van der Waals surface area contributed by atoms with E-state index in [0.717, 1.165) is 10.4 Å². The second kappa shape index (κ2) is 9.31. The van der Waals surface area contributed by atoms with Crippen LogP contribution in [0.4, 0.5) is 11.4 Å². The third kappa shape index (κ3) is 4.54. The number of aliphatic hydroxyl groups excluding tert-OH is 1. The van der Waals surface area contributed by atoms with Crippen molar-refractivity contribution >= 4 is 40.4 Å². The molecule has 1 saturated heterocycles. The second-order valence-corrected chi connectivity index (χ2v) is 8.18. The van der Waals surface area contributed by atoms with Gasteiger partial charge in [0.1, 0.15) is 5.84 Å². The maximum absolute atomic E-state index is 13.0. The van der Waals surface area contributed by atoms with Gasteiger partial charge in [0, 0.05) is 28.4 Å². The number of nitrogen functional groups attached to an aromatic ring is 1. The van der Waals surface area contributed by atoms with Crippen molar-refractivity contribution in [2.24, 2.45) is 5.73 Å². The summed E-state index contributed by atoms with van der Waals surface area (Å²) in [6, 6.07) is 17.9. The van der Waals surface area contributed by atoms with E-state index in [2.05, 4.69) is 5.32 Å². The van der Waals surface area contributed by atoms with Crippen LogP contribution in [0.5, 0.6) is 0 Å². The van der Waals surface area contributed by atoms with E-state index in [-0.39, 0.29) is 12.4 Å². The first-order chi connectivity index (χ1) is 15.4. The summed E-state index contributed by atoms with van der Waals surface area (Å²) in [5, 5.41) is 22.5. The topological polar surface area (TPSA) is 129 Å². The molecule has 0 radical (unpaired) electrons. The number of nitrogens with two attached hydrogens (primary N) is 1. The monoisotopic (exact) mass is 450 g/mol. The first kappa shape index (κ1) is 21.7. The number of amidine groups is 1. The number of anilines is 2. The molecule has 5 N–H and O–H groups in total. The second-order valence-electron chi connectivity index (χ2n) is 7.23. The van der Waals surface area contributed by atoms with Crippen LogP contribution < -0.4 is 16.0 Å². The van der Waals surface area contributed by atoms with Gasteiger partial charge in [0.25, 0.3) is 11.8 Å². The summed E-state index contributed by atoms with van der Waals surface area (Å²) in [6.45, 7) is 0.523. The van der Waals surface area contributed by atoms with Crippen LogP contribution in [0.25, 0.3) is 10.4 Å². The lowest BCUT2D eigenvalue weighted by atomic mass is 10.1. The summed E-state index contributed by atoms with van der Waals surface area (Å²) in [7, 11) is 0. The number of hydrogen-bond acceptors (Lipinski definition) is 6. The largest absolute Gasteiger partial charge is 0.384 e. The third-order valence-electron chi connectivity index (χ3n) is 5.13. The Kier molecular flexibility index (Phi) is 6.31. The van der Waals surface area contributed by atoms with Crippen LogP contribution in [0.1, 0.15) is 5.56 Å². The van der Waals surface area contributed by atoms with E-state index in [1.165, 1.54) is 4.90 Å². The Hall–Kier alpha value is -3.53. The molecule has 4 rings (SSSR count). The van der Waals surface area contributed by atoms with Gasteiger partial charge >= 0.3 is 0 Å². The lowest BCUT2D eigenvalue weighted by Crippen LogP contribution is -2.55. The molecule has 164 valence electrons. The average Bonchev–Trinajstić information content (AvgIpc) is 3.34. The molecule has 0 bridgehead atoms. The smallest absolute Gasteiger partial charge is 0.259 e. The van der Waals surface area contributed by atoms with Crippen molar-refractivity contribution in [1.29, 1.82) is 5.41 Å². The Morgan fingerprint density at radius 2 is 1.91 bits per heavy atom. The number of carbonyl (C=O) groups excluding carboxylic acids is 2. The molecule has 8 nitrogen and oxygen atoms in total. The molecular formula is C23H22N4O4S. The number of thiophene rings is 1. The molecule has 2 amide bonds. The number of nitrogens with zero attached hydrogens (tertiary/aromatic N) is 1. The summed E-state index contributed by atoms with van der Waals surface area (Å²) in [4.78, 5) is 28.1. The molecule has 32 heavy (non-hydrogen) atoms. The number of amides is 2. The third-order valence-corrected chi connectivity index (χ3v) is 6.04. The van der Waals surface area contributed by atoms with E-state index in [1.807, 2.05) is 41.8 Å². The van der Waals surface area contributed by atoms with Gasteiger partial charge in [0.15, 0.2) is 12.2 Å². The van der Waals surface area contributed by atoms with Crippen LogP contribution in [-0.4, -0.2) is 48.1 Å².